The quantitative estimate of drug-likeness (QED) is 0.883. The van der Waals surface area contributed by atoms with Crippen LogP contribution in [-0.2, 0) is 4.74 Å². The van der Waals surface area contributed by atoms with Gasteiger partial charge in [0.25, 0.3) is 0 Å². The largest absolute Gasteiger partial charge is 0.383 e. The summed E-state index contributed by atoms with van der Waals surface area (Å²) in [7, 11) is 1.72. The first-order valence-electron chi connectivity index (χ1n) is 4.36. The molecule has 80 valence electrons. The summed E-state index contributed by atoms with van der Waals surface area (Å²) >= 11 is 8.70. The van der Waals surface area contributed by atoms with Crippen LogP contribution in [0.5, 0.6) is 0 Å². The summed E-state index contributed by atoms with van der Waals surface area (Å²) in [4.78, 5) is 1.28. The molecular weight excluding hydrogens is 330 g/mol. The smallest absolute Gasteiger partial charge is 0.0843 e. The molecule has 1 N–H and O–H groups in total. The molecule has 0 saturated carbocycles. The van der Waals surface area contributed by atoms with Crippen LogP contribution >= 0.6 is 43.2 Å². The van der Waals surface area contributed by atoms with Crippen LogP contribution in [0.2, 0.25) is 0 Å². The van der Waals surface area contributed by atoms with E-state index in [4.69, 9.17) is 4.74 Å². The monoisotopic (exact) mass is 341 g/mol. The highest BCUT2D eigenvalue weighted by molar-refractivity contribution is 9.13. The Kier molecular flexibility index (Phi) is 5.62. The van der Waals surface area contributed by atoms with E-state index in [0.29, 0.717) is 6.61 Å². The topological polar surface area (TPSA) is 21.3 Å². The third-order valence-electron chi connectivity index (χ3n) is 1.79. The molecule has 1 aromatic rings. The molecule has 1 atom stereocenters. The van der Waals surface area contributed by atoms with Gasteiger partial charge < -0.3 is 10.1 Å². The van der Waals surface area contributed by atoms with Gasteiger partial charge in [0.15, 0.2) is 0 Å². The molecule has 5 heteroatoms. The van der Waals surface area contributed by atoms with Crippen LogP contribution < -0.4 is 5.32 Å². The van der Waals surface area contributed by atoms with E-state index in [1.54, 1.807) is 18.4 Å². The van der Waals surface area contributed by atoms with Crippen LogP contribution in [0.15, 0.2) is 14.3 Å². The molecule has 14 heavy (non-hydrogen) atoms. The van der Waals surface area contributed by atoms with E-state index in [9.17, 15) is 0 Å². The van der Waals surface area contributed by atoms with Crippen LogP contribution in [0.25, 0.3) is 0 Å². The number of thiophene rings is 1. The van der Waals surface area contributed by atoms with Crippen LogP contribution in [0.4, 0.5) is 0 Å². The van der Waals surface area contributed by atoms with Crippen molar-refractivity contribution in [3.63, 3.8) is 0 Å². The lowest BCUT2D eigenvalue weighted by molar-refractivity contribution is 0.169. The van der Waals surface area contributed by atoms with Gasteiger partial charge in [0.2, 0.25) is 0 Å². The highest BCUT2D eigenvalue weighted by atomic mass is 79.9. The summed E-state index contributed by atoms with van der Waals surface area (Å²) in [6, 6.07) is 2.42. The molecule has 0 aliphatic carbocycles. The molecule has 0 radical (unpaired) electrons. The Bertz CT molecular complexity index is 265. The summed E-state index contributed by atoms with van der Waals surface area (Å²) in [5, 5.41) is 3.38. The van der Waals surface area contributed by atoms with Gasteiger partial charge in [0, 0.05) is 16.5 Å². The second-order valence-corrected chi connectivity index (χ2v) is 6.09. The van der Waals surface area contributed by atoms with E-state index < -0.39 is 0 Å². The normalized spacial score (nSPS) is 13.1. The van der Waals surface area contributed by atoms with Gasteiger partial charge >= 0.3 is 0 Å². The van der Waals surface area contributed by atoms with Crippen molar-refractivity contribution in [3.8, 4) is 0 Å². The van der Waals surface area contributed by atoms with Gasteiger partial charge in [-0.1, -0.05) is 6.92 Å². The van der Waals surface area contributed by atoms with Crippen LogP contribution in [-0.4, -0.2) is 20.3 Å². The molecule has 0 saturated heterocycles. The van der Waals surface area contributed by atoms with Crippen LogP contribution in [0.3, 0.4) is 0 Å². The lowest BCUT2D eigenvalue weighted by atomic mass is 10.2. The Hall–Kier alpha value is 0.580. The Balaban J connectivity index is 2.76. The first-order chi connectivity index (χ1) is 6.69. The maximum Gasteiger partial charge on any atom is 0.0843 e. The molecule has 0 bridgehead atoms. The minimum absolute atomic E-state index is 0.289. The standard InChI is InChI=1S/C9H13Br2NOS/c1-3-12-7(5-13-2)8-4-6(10)9(11)14-8/h4,7,12H,3,5H2,1-2H3. The zero-order valence-electron chi connectivity index (χ0n) is 8.14. The maximum absolute atomic E-state index is 5.17. The number of nitrogens with one attached hydrogen (secondary N) is 1. The summed E-state index contributed by atoms with van der Waals surface area (Å²) in [5.41, 5.74) is 0. The molecule has 0 spiro atoms. The number of ether oxygens (including phenoxy) is 1. The minimum Gasteiger partial charge on any atom is -0.383 e. The van der Waals surface area contributed by atoms with Crippen molar-refractivity contribution >= 4 is 43.2 Å². The number of methoxy groups -OCH3 is 1. The molecule has 0 aromatic carbocycles. The zero-order chi connectivity index (χ0) is 10.6. The lowest BCUT2D eigenvalue weighted by Gasteiger charge is -2.14. The van der Waals surface area contributed by atoms with Gasteiger partial charge in [-0.25, -0.2) is 0 Å². The van der Waals surface area contributed by atoms with E-state index in [1.807, 2.05) is 0 Å². The summed E-state index contributed by atoms with van der Waals surface area (Å²) in [5.74, 6) is 0. The van der Waals surface area contributed by atoms with Gasteiger partial charge in [-0.2, -0.15) is 0 Å². The fourth-order valence-electron chi connectivity index (χ4n) is 1.19. The number of halogens is 2. The summed E-state index contributed by atoms with van der Waals surface area (Å²) in [6.07, 6.45) is 0. The SMILES string of the molecule is CCNC(COC)c1cc(Br)c(Br)s1. The van der Waals surface area contributed by atoms with Crippen molar-refractivity contribution in [2.24, 2.45) is 0 Å². The third-order valence-corrected chi connectivity index (χ3v) is 5.16. The van der Waals surface area contributed by atoms with E-state index in [2.05, 4.69) is 50.2 Å². The Labute approximate surface area is 105 Å². The van der Waals surface area contributed by atoms with E-state index >= 15 is 0 Å². The van der Waals surface area contributed by atoms with E-state index in [-0.39, 0.29) is 6.04 Å². The number of likely N-dealkylation sites (N-methyl/N-ethyl adjacent to an activating group) is 1. The number of hydrogen-bond acceptors (Lipinski definition) is 3. The van der Waals surface area contributed by atoms with Gasteiger partial charge in [-0.05, 0) is 44.5 Å². The molecule has 1 unspecified atom stereocenters. The second-order valence-electron chi connectivity index (χ2n) is 2.84. The Morgan fingerprint density at radius 1 is 1.57 bits per heavy atom. The van der Waals surface area contributed by atoms with Gasteiger partial charge in [-0.3, -0.25) is 0 Å². The van der Waals surface area contributed by atoms with E-state index in [1.165, 1.54) is 4.88 Å². The summed E-state index contributed by atoms with van der Waals surface area (Å²) < 4.78 is 7.41. The molecule has 1 rings (SSSR count). The van der Waals surface area contributed by atoms with Crippen molar-refractivity contribution < 1.29 is 4.74 Å². The van der Waals surface area contributed by atoms with Gasteiger partial charge in [-0.15, -0.1) is 11.3 Å². The fourth-order valence-corrected chi connectivity index (χ4v) is 3.34. The first kappa shape index (κ1) is 12.6. The Morgan fingerprint density at radius 2 is 2.29 bits per heavy atom. The summed E-state index contributed by atoms with van der Waals surface area (Å²) in [6.45, 7) is 3.74. The molecule has 1 aromatic heterocycles. The molecule has 2 nitrogen and oxygen atoms in total. The van der Waals surface area contributed by atoms with Gasteiger partial charge in [0.1, 0.15) is 0 Å². The molecule has 0 aliphatic heterocycles. The van der Waals surface area contributed by atoms with E-state index in [0.717, 1.165) is 14.8 Å². The van der Waals surface area contributed by atoms with Crippen molar-refractivity contribution in [1.82, 2.24) is 5.32 Å². The van der Waals surface area contributed by atoms with Crippen molar-refractivity contribution in [3.05, 3.63) is 19.2 Å². The van der Waals surface area contributed by atoms with Gasteiger partial charge in [0.05, 0.1) is 16.4 Å². The predicted octanol–water partition coefficient (Wildman–Crippen LogP) is 3.57. The predicted molar refractivity (Wildman–Crippen MR) is 68.0 cm³/mol. The number of hydrogen-bond donors (Lipinski definition) is 1. The highest BCUT2D eigenvalue weighted by Gasteiger charge is 2.14. The van der Waals surface area contributed by atoms with Crippen LogP contribution in [0, 0.1) is 0 Å². The fraction of sp³-hybridized carbons (Fsp3) is 0.556. The highest BCUT2D eigenvalue weighted by Crippen LogP contribution is 2.35. The van der Waals surface area contributed by atoms with Crippen LogP contribution in [0.1, 0.15) is 17.8 Å². The molecule has 1 heterocycles. The third kappa shape index (κ3) is 3.31. The Morgan fingerprint density at radius 3 is 2.71 bits per heavy atom. The van der Waals surface area contributed by atoms with Crippen molar-refractivity contribution in [1.29, 1.82) is 0 Å². The molecule has 0 amide bonds. The maximum atomic E-state index is 5.17. The minimum atomic E-state index is 0.289. The number of rotatable bonds is 5. The van der Waals surface area contributed by atoms with Crippen molar-refractivity contribution in [2.75, 3.05) is 20.3 Å². The lowest BCUT2D eigenvalue weighted by Crippen LogP contribution is -2.23. The first-order valence-corrected chi connectivity index (χ1v) is 6.76. The average molecular weight is 343 g/mol. The molecular formula is C9H13Br2NOS. The zero-order valence-corrected chi connectivity index (χ0v) is 12.1. The second kappa shape index (κ2) is 6.23. The van der Waals surface area contributed by atoms with Crippen molar-refractivity contribution in [2.45, 2.75) is 13.0 Å². The molecule has 0 aliphatic rings. The average Bonchev–Trinajstić information content (AvgIpc) is 2.47. The molecule has 0 fully saturated rings.